The van der Waals surface area contributed by atoms with Crippen LogP contribution in [0.1, 0.15) is 22.7 Å². The number of likely N-dealkylation sites (tertiary alicyclic amines) is 1. The van der Waals surface area contributed by atoms with E-state index in [1.807, 2.05) is 54.4 Å². The van der Waals surface area contributed by atoms with Crippen LogP contribution in [0.2, 0.25) is 0 Å². The quantitative estimate of drug-likeness (QED) is 0.458. The van der Waals surface area contributed by atoms with Gasteiger partial charge in [-0.1, -0.05) is 42.2 Å². The highest BCUT2D eigenvalue weighted by atomic mass is 32.2. The second kappa shape index (κ2) is 8.86. The lowest BCUT2D eigenvalue weighted by molar-refractivity contribution is -0.139. The van der Waals surface area contributed by atoms with Crippen LogP contribution in [0.3, 0.4) is 0 Å². The number of thioether (sulfide) groups is 1. The molecule has 3 aliphatic rings. The van der Waals surface area contributed by atoms with Gasteiger partial charge in [-0.15, -0.1) is 0 Å². The molecule has 1 aromatic heterocycles. The number of hydrogen-bond donors (Lipinski definition) is 0. The van der Waals surface area contributed by atoms with Gasteiger partial charge in [0.1, 0.15) is 20.6 Å². The highest BCUT2D eigenvalue weighted by molar-refractivity contribution is 8.25. The SMILES string of the molecule is COc1ccc(CN2C(=O)[C@]3(SC2=S)[C@H](c2ccccn2)CN(C)[C@]32C(=O)N(C)c3ccc(F)cc32)cc1. The van der Waals surface area contributed by atoms with Crippen molar-refractivity contribution in [2.75, 3.05) is 32.6 Å². The van der Waals surface area contributed by atoms with Gasteiger partial charge in [-0.05, 0) is 55.1 Å². The Hall–Kier alpha value is -3.34. The maximum Gasteiger partial charge on any atom is 0.254 e. The second-order valence-electron chi connectivity index (χ2n) is 9.77. The number of carbonyl (C=O) groups excluding carboxylic acids is 2. The first-order valence-corrected chi connectivity index (χ1v) is 13.4. The molecule has 2 spiro atoms. The number of methoxy groups -OCH3 is 1. The molecule has 6 rings (SSSR count). The number of rotatable bonds is 4. The van der Waals surface area contributed by atoms with Gasteiger partial charge >= 0.3 is 0 Å². The number of amides is 2. The van der Waals surface area contributed by atoms with Gasteiger partial charge in [0, 0.05) is 42.7 Å². The summed E-state index contributed by atoms with van der Waals surface area (Å²) in [5.74, 6) is -0.795. The van der Waals surface area contributed by atoms with E-state index in [0.717, 1.165) is 5.56 Å². The Kier molecular flexibility index (Phi) is 5.82. The third kappa shape index (κ3) is 3.17. The van der Waals surface area contributed by atoms with Crippen molar-refractivity contribution in [3.05, 3.63) is 89.5 Å². The van der Waals surface area contributed by atoms with E-state index >= 15 is 0 Å². The average molecular weight is 549 g/mol. The first-order chi connectivity index (χ1) is 18.3. The van der Waals surface area contributed by atoms with Gasteiger partial charge in [0.15, 0.2) is 5.54 Å². The molecule has 3 aliphatic heterocycles. The highest BCUT2D eigenvalue weighted by Crippen LogP contribution is 2.66. The minimum atomic E-state index is -1.47. The van der Waals surface area contributed by atoms with Crippen molar-refractivity contribution in [1.82, 2.24) is 14.8 Å². The van der Waals surface area contributed by atoms with Crippen LogP contribution in [0.4, 0.5) is 10.1 Å². The van der Waals surface area contributed by atoms with Gasteiger partial charge in [-0.25, -0.2) is 4.39 Å². The molecule has 2 aromatic carbocycles. The van der Waals surface area contributed by atoms with E-state index in [1.54, 1.807) is 31.3 Å². The van der Waals surface area contributed by atoms with Crippen molar-refractivity contribution in [1.29, 1.82) is 0 Å². The summed E-state index contributed by atoms with van der Waals surface area (Å²) in [6.07, 6.45) is 1.68. The lowest BCUT2D eigenvalue weighted by atomic mass is 9.72. The summed E-state index contributed by atoms with van der Waals surface area (Å²) >= 11 is 7.06. The summed E-state index contributed by atoms with van der Waals surface area (Å²) < 4.78 is 19.0. The fraction of sp³-hybridized carbons (Fsp3) is 0.286. The van der Waals surface area contributed by atoms with Crippen LogP contribution < -0.4 is 9.64 Å². The first kappa shape index (κ1) is 25.0. The molecule has 0 saturated carbocycles. The molecule has 0 N–H and O–H groups in total. The molecule has 194 valence electrons. The van der Waals surface area contributed by atoms with E-state index in [-0.39, 0.29) is 18.4 Å². The van der Waals surface area contributed by atoms with E-state index in [9.17, 15) is 14.0 Å². The van der Waals surface area contributed by atoms with Crippen molar-refractivity contribution in [3.63, 3.8) is 0 Å². The summed E-state index contributed by atoms with van der Waals surface area (Å²) in [6.45, 7) is 0.607. The van der Waals surface area contributed by atoms with Crippen LogP contribution >= 0.6 is 24.0 Å². The molecule has 38 heavy (non-hydrogen) atoms. The third-order valence-corrected chi connectivity index (χ3v) is 9.90. The van der Waals surface area contributed by atoms with Gasteiger partial charge < -0.3 is 9.64 Å². The maximum absolute atomic E-state index is 14.8. The Morgan fingerprint density at radius 3 is 2.55 bits per heavy atom. The minimum absolute atomic E-state index is 0.241. The fourth-order valence-corrected chi connectivity index (χ4v) is 8.37. The summed E-state index contributed by atoms with van der Waals surface area (Å²) in [5.41, 5.74) is 1.14. The number of nitrogens with zero attached hydrogens (tertiary/aromatic N) is 4. The molecule has 0 unspecified atom stereocenters. The van der Waals surface area contributed by atoms with E-state index in [1.165, 1.54) is 28.8 Å². The molecule has 7 nitrogen and oxygen atoms in total. The molecule has 2 saturated heterocycles. The summed E-state index contributed by atoms with van der Waals surface area (Å²) in [5, 5.41) is 0. The van der Waals surface area contributed by atoms with Crippen molar-refractivity contribution >= 4 is 45.8 Å². The monoisotopic (exact) mass is 548 g/mol. The topological polar surface area (TPSA) is 66.0 Å². The third-order valence-electron chi connectivity index (χ3n) is 7.96. The molecular formula is C28H25FN4O3S2. The predicted molar refractivity (Wildman–Crippen MR) is 148 cm³/mol. The zero-order valence-corrected chi connectivity index (χ0v) is 22.7. The van der Waals surface area contributed by atoms with Gasteiger partial charge in [-0.3, -0.25) is 24.4 Å². The van der Waals surface area contributed by atoms with Gasteiger partial charge in [0.2, 0.25) is 5.91 Å². The normalized spacial score (nSPS) is 26.7. The van der Waals surface area contributed by atoms with Crippen molar-refractivity contribution in [3.8, 4) is 5.75 Å². The fourth-order valence-electron chi connectivity index (χ4n) is 6.26. The number of ether oxygens (including phenoxy) is 1. The molecule has 2 amide bonds. The lowest BCUT2D eigenvalue weighted by Crippen LogP contribution is -2.62. The summed E-state index contributed by atoms with van der Waals surface area (Å²) in [6, 6.07) is 17.3. The molecular weight excluding hydrogens is 523 g/mol. The Labute approximate surface area is 229 Å². The van der Waals surface area contributed by atoms with Crippen LogP contribution in [0.25, 0.3) is 0 Å². The molecule has 0 bridgehead atoms. The number of benzene rings is 2. The molecule has 2 fully saturated rings. The van der Waals surface area contributed by atoms with Crippen LogP contribution in [-0.2, 0) is 21.7 Å². The number of pyridine rings is 1. The van der Waals surface area contributed by atoms with Crippen LogP contribution in [-0.4, -0.2) is 63.4 Å². The van der Waals surface area contributed by atoms with Crippen molar-refractivity contribution in [2.45, 2.75) is 22.7 Å². The van der Waals surface area contributed by atoms with Crippen LogP contribution in [0, 0.1) is 5.82 Å². The van der Waals surface area contributed by atoms with E-state index < -0.39 is 22.0 Å². The van der Waals surface area contributed by atoms with Gasteiger partial charge in [0.25, 0.3) is 5.91 Å². The number of carbonyl (C=O) groups is 2. The Morgan fingerprint density at radius 1 is 1.11 bits per heavy atom. The van der Waals surface area contributed by atoms with Gasteiger partial charge in [0.05, 0.1) is 13.7 Å². The number of aromatic nitrogens is 1. The standard InChI is InChI=1S/C28H25FN4O3S2/c1-31-16-21(22-6-4-5-13-30-22)28(27(31)20-14-18(29)9-12-23(20)32(2)24(27)34)25(35)33(26(37)38-28)15-17-7-10-19(36-3)11-8-17/h4-14,21H,15-16H2,1-3H3/t21-,27+,28+/m0/s1. The van der Waals surface area contributed by atoms with E-state index in [0.29, 0.717) is 33.6 Å². The zero-order valence-electron chi connectivity index (χ0n) is 21.1. The molecule has 0 radical (unpaired) electrons. The maximum atomic E-state index is 14.8. The van der Waals surface area contributed by atoms with E-state index in [2.05, 4.69) is 4.98 Å². The van der Waals surface area contributed by atoms with Crippen LogP contribution in [0.5, 0.6) is 5.75 Å². The average Bonchev–Trinajstić information content (AvgIpc) is 3.43. The lowest BCUT2D eigenvalue weighted by Gasteiger charge is -2.42. The summed E-state index contributed by atoms with van der Waals surface area (Å²) in [4.78, 5) is 38.7. The van der Waals surface area contributed by atoms with Crippen molar-refractivity contribution < 1.29 is 18.7 Å². The van der Waals surface area contributed by atoms with Gasteiger partial charge in [-0.2, -0.15) is 0 Å². The smallest absolute Gasteiger partial charge is 0.254 e. The number of likely N-dealkylation sites (N-methyl/N-ethyl adjacent to an activating group) is 2. The van der Waals surface area contributed by atoms with Crippen molar-refractivity contribution in [2.24, 2.45) is 0 Å². The molecule has 10 heteroatoms. The number of halogens is 1. The van der Waals surface area contributed by atoms with Crippen LogP contribution in [0.15, 0.2) is 66.9 Å². The molecule has 4 heterocycles. The predicted octanol–water partition coefficient (Wildman–Crippen LogP) is 3.93. The Morgan fingerprint density at radius 2 is 1.87 bits per heavy atom. The number of anilines is 1. The molecule has 3 atom stereocenters. The minimum Gasteiger partial charge on any atom is -0.497 e. The molecule has 0 aliphatic carbocycles. The van der Waals surface area contributed by atoms with E-state index in [4.69, 9.17) is 17.0 Å². The Balaban J connectivity index is 1.56. The zero-order chi connectivity index (χ0) is 26.8. The summed E-state index contributed by atoms with van der Waals surface area (Å²) in [7, 11) is 5.08. The highest BCUT2D eigenvalue weighted by Gasteiger charge is 2.78. The number of thiocarbonyl (C=S) groups is 1. The number of hydrogen-bond acceptors (Lipinski definition) is 7. The molecule has 3 aromatic rings. The second-order valence-corrected chi connectivity index (χ2v) is 11.6. The largest absolute Gasteiger partial charge is 0.497 e. The Bertz CT molecular complexity index is 1470. The first-order valence-electron chi connectivity index (χ1n) is 12.1. The number of fused-ring (bicyclic) bond motifs is 3.